The number of rotatable bonds is 0. The second kappa shape index (κ2) is 2.98. The Labute approximate surface area is 63.3 Å². The zero-order chi connectivity index (χ0) is 5.98. The number of hydrogen-bond donors (Lipinski definition) is 2. The van der Waals surface area contributed by atoms with Gasteiger partial charge in [0.1, 0.15) is 0 Å². The van der Waals surface area contributed by atoms with E-state index in [-0.39, 0.29) is 6.17 Å². The van der Waals surface area contributed by atoms with Crippen molar-refractivity contribution in [1.29, 1.82) is 0 Å². The molecule has 0 radical (unpaired) electrons. The largest absolute Gasteiger partial charge is 0.316 e. The molecule has 0 spiro atoms. The highest BCUT2D eigenvalue weighted by atomic mass is 127. The molecule has 1 rings (SSSR count). The van der Waals surface area contributed by atoms with Crippen LogP contribution in [0.4, 0.5) is 0 Å². The zero-order valence-electron chi connectivity index (χ0n) is 4.73. The number of hydrogen-bond acceptors (Lipinski definition) is 2. The number of nitrogens with one attached hydrogen (secondary N) is 1. The number of piperidine rings is 1. The van der Waals surface area contributed by atoms with Crippen molar-refractivity contribution in [3.8, 4) is 0 Å². The summed E-state index contributed by atoms with van der Waals surface area (Å²) in [5.41, 5.74) is 5.58. The first-order valence-corrected chi connectivity index (χ1v) is 4.16. The summed E-state index contributed by atoms with van der Waals surface area (Å²) in [6.45, 7) is 1.09. The van der Waals surface area contributed by atoms with Gasteiger partial charge in [0.25, 0.3) is 0 Å². The van der Waals surface area contributed by atoms with Crippen molar-refractivity contribution in [3.63, 3.8) is 0 Å². The molecular formula is C5H11IN2. The van der Waals surface area contributed by atoms with Crippen molar-refractivity contribution in [1.82, 2.24) is 5.32 Å². The molecule has 0 aromatic carbocycles. The predicted octanol–water partition coefficient (Wildman–Crippen LogP) is 0.458. The average Bonchev–Trinajstić information content (AvgIpc) is 1.77. The van der Waals surface area contributed by atoms with E-state index in [9.17, 15) is 0 Å². The van der Waals surface area contributed by atoms with E-state index in [1.807, 2.05) is 0 Å². The highest BCUT2D eigenvalue weighted by molar-refractivity contribution is 14.1. The van der Waals surface area contributed by atoms with E-state index in [2.05, 4.69) is 27.9 Å². The van der Waals surface area contributed by atoms with Crippen LogP contribution in [0.2, 0.25) is 0 Å². The molecule has 2 nitrogen and oxygen atoms in total. The SMILES string of the molecule is NC1CCC(I)CN1. The van der Waals surface area contributed by atoms with Gasteiger partial charge < -0.3 is 11.1 Å². The van der Waals surface area contributed by atoms with Gasteiger partial charge in [-0.05, 0) is 12.8 Å². The van der Waals surface area contributed by atoms with Gasteiger partial charge in [0, 0.05) is 10.5 Å². The first-order valence-electron chi connectivity index (χ1n) is 2.92. The smallest absolute Gasteiger partial charge is 0.0546 e. The molecule has 0 aromatic heterocycles. The first kappa shape index (κ1) is 6.77. The van der Waals surface area contributed by atoms with E-state index in [1.54, 1.807) is 0 Å². The van der Waals surface area contributed by atoms with E-state index in [0.29, 0.717) is 0 Å². The topological polar surface area (TPSA) is 38.0 Å². The molecule has 2 unspecified atom stereocenters. The van der Waals surface area contributed by atoms with E-state index < -0.39 is 0 Å². The summed E-state index contributed by atoms with van der Waals surface area (Å²) in [5.74, 6) is 0. The molecule has 3 heteroatoms. The van der Waals surface area contributed by atoms with Crippen LogP contribution >= 0.6 is 22.6 Å². The third kappa shape index (κ3) is 1.87. The molecule has 1 aliphatic rings. The second-order valence-electron chi connectivity index (χ2n) is 2.19. The normalized spacial score (nSPS) is 39.8. The van der Waals surface area contributed by atoms with Crippen LogP contribution in [0.5, 0.6) is 0 Å². The lowest BCUT2D eigenvalue weighted by atomic mass is 10.1. The molecule has 1 heterocycles. The summed E-state index contributed by atoms with van der Waals surface area (Å²) in [6, 6.07) is 0. The molecule has 3 N–H and O–H groups in total. The molecule has 8 heavy (non-hydrogen) atoms. The van der Waals surface area contributed by atoms with Gasteiger partial charge in [0.15, 0.2) is 0 Å². The van der Waals surface area contributed by atoms with Gasteiger partial charge in [-0.15, -0.1) is 0 Å². The van der Waals surface area contributed by atoms with Crippen molar-refractivity contribution >= 4 is 22.6 Å². The highest BCUT2D eigenvalue weighted by Crippen LogP contribution is 2.12. The highest BCUT2D eigenvalue weighted by Gasteiger charge is 2.13. The van der Waals surface area contributed by atoms with E-state index >= 15 is 0 Å². The fraction of sp³-hybridized carbons (Fsp3) is 1.00. The lowest BCUT2D eigenvalue weighted by Crippen LogP contribution is -2.44. The summed E-state index contributed by atoms with van der Waals surface area (Å²) in [4.78, 5) is 0. The van der Waals surface area contributed by atoms with Gasteiger partial charge >= 0.3 is 0 Å². The summed E-state index contributed by atoms with van der Waals surface area (Å²) >= 11 is 2.45. The zero-order valence-corrected chi connectivity index (χ0v) is 6.89. The monoisotopic (exact) mass is 226 g/mol. The average molecular weight is 226 g/mol. The maximum absolute atomic E-state index is 5.58. The maximum atomic E-state index is 5.58. The number of halogens is 1. The molecule has 0 amide bonds. The predicted molar refractivity (Wildman–Crippen MR) is 43.0 cm³/mol. The lowest BCUT2D eigenvalue weighted by molar-refractivity contribution is 0.426. The fourth-order valence-corrected chi connectivity index (χ4v) is 1.46. The molecule has 0 aliphatic carbocycles. The van der Waals surface area contributed by atoms with Crippen molar-refractivity contribution < 1.29 is 0 Å². The maximum Gasteiger partial charge on any atom is 0.0546 e. The Morgan fingerprint density at radius 1 is 1.50 bits per heavy atom. The van der Waals surface area contributed by atoms with Crippen LogP contribution in [-0.2, 0) is 0 Å². The Morgan fingerprint density at radius 3 is 2.62 bits per heavy atom. The van der Waals surface area contributed by atoms with Crippen molar-refractivity contribution in [2.45, 2.75) is 22.9 Å². The quantitative estimate of drug-likeness (QED) is 0.465. The summed E-state index contributed by atoms with van der Waals surface area (Å²) < 4.78 is 0.799. The standard InChI is InChI=1S/C5H11IN2/c6-4-1-2-5(7)8-3-4/h4-5,8H,1-3,7H2. The number of nitrogens with two attached hydrogens (primary N) is 1. The Bertz CT molecular complexity index is 58.8. The molecule has 0 saturated carbocycles. The Hall–Kier alpha value is 0.650. The summed E-state index contributed by atoms with van der Waals surface area (Å²) in [6.07, 6.45) is 2.67. The van der Waals surface area contributed by atoms with Gasteiger partial charge in [0.05, 0.1) is 6.17 Å². The van der Waals surface area contributed by atoms with E-state index in [0.717, 1.165) is 16.9 Å². The molecule has 1 saturated heterocycles. The molecule has 0 bridgehead atoms. The van der Waals surface area contributed by atoms with E-state index in [1.165, 1.54) is 6.42 Å². The minimum atomic E-state index is 0.265. The third-order valence-electron chi connectivity index (χ3n) is 1.39. The van der Waals surface area contributed by atoms with Crippen LogP contribution in [0.25, 0.3) is 0 Å². The Morgan fingerprint density at radius 2 is 2.25 bits per heavy atom. The van der Waals surface area contributed by atoms with Crippen LogP contribution in [0.15, 0.2) is 0 Å². The van der Waals surface area contributed by atoms with Gasteiger partial charge in [-0.1, -0.05) is 22.6 Å². The van der Waals surface area contributed by atoms with Gasteiger partial charge in [-0.2, -0.15) is 0 Å². The van der Waals surface area contributed by atoms with Crippen LogP contribution in [-0.4, -0.2) is 16.6 Å². The third-order valence-corrected chi connectivity index (χ3v) is 2.46. The lowest BCUT2D eigenvalue weighted by Gasteiger charge is -2.23. The first-order chi connectivity index (χ1) is 3.79. The van der Waals surface area contributed by atoms with Gasteiger partial charge in [-0.3, -0.25) is 0 Å². The van der Waals surface area contributed by atoms with Crippen LogP contribution in [0.1, 0.15) is 12.8 Å². The van der Waals surface area contributed by atoms with Crippen molar-refractivity contribution in [2.75, 3.05) is 6.54 Å². The Balaban J connectivity index is 2.19. The second-order valence-corrected chi connectivity index (χ2v) is 3.95. The van der Waals surface area contributed by atoms with Gasteiger partial charge in [0.2, 0.25) is 0 Å². The summed E-state index contributed by atoms with van der Waals surface area (Å²) in [5, 5.41) is 3.20. The molecule has 1 fully saturated rings. The summed E-state index contributed by atoms with van der Waals surface area (Å²) in [7, 11) is 0. The number of alkyl halides is 1. The molecule has 2 atom stereocenters. The van der Waals surface area contributed by atoms with Crippen molar-refractivity contribution in [2.24, 2.45) is 5.73 Å². The molecule has 0 aromatic rings. The molecule has 48 valence electrons. The minimum Gasteiger partial charge on any atom is -0.316 e. The van der Waals surface area contributed by atoms with Crippen LogP contribution in [0.3, 0.4) is 0 Å². The van der Waals surface area contributed by atoms with E-state index in [4.69, 9.17) is 5.73 Å². The van der Waals surface area contributed by atoms with Crippen LogP contribution < -0.4 is 11.1 Å². The molecular weight excluding hydrogens is 215 g/mol. The Kier molecular flexibility index (Phi) is 2.52. The van der Waals surface area contributed by atoms with Crippen molar-refractivity contribution in [3.05, 3.63) is 0 Å². The van der Waals surface area contributed by atoms with Crippen LogP contribution in [0, 0.1) is 0 Å². The fourth-order valence-electron chi connectivity index (χ4n) is 0.844. The minimum absolute atomic E-state index is 0.265. The van der Waals surface area contributed by atoms with Gasteiger partial charge in [-0.25, -0.2) is 0 Å². The molecule has 1 aliphatic heterocycles.